The molecule has 1 aliphatic carbocycles. The van der Waals surface area contributed by atoms with Crippen LogP contribution in [-0.2, 0) is 0 Å². The highest BCUT2D eigenvalue weighted by Gasteiger charge is 2.46. The molecule has 1 heterocycles. The maximum absolute atomic E-state index is 3.56. The van der Waals surface area contributed by atoms with Crippen LogP contribution in [0.4, 0.5) is 0 Å². The minimum atomic E-state index is 0.480. The second kappa shape index (κ2) is 4.19. The molecule has 1 saturated carbocycles. The van der Waals surface area contributed by atoms with E-state index in [9.17, 15) is 0 Å². The number of nitrogens with one attached hydrogen (secondary N) is 1. The van der Waals surface area contributed by atoms with Crippen molar-refractivity contribution in [2.45, 2.75) is 45.1 Å². The van der Waals surface area contributed by atoms with Crippen LogP contribution in [0.3, 0.4) is 0 Å². The van der Waals surface area contributed by atoms with Gasteiger partial charge in [0.25, 0.3) is 0 Å². The Hall–Kier alpha value is -0.0800. The zero-order chi connectivity index (χ0) is 10.0. The van der Waals surface area contributed by atoms with Crippen LogP contribution in [0.1, 0.15) is 39.5 Å². The maximum Gasteiger partial charge on any atom is 0.0334 e. The number of hydrogen-bond acceptors (Lipinski definition) is 2. The van der Waals surface area contributed by atoms with E-state index >= 15 is 0 Å². The SMILES string of the molecule is CCCCN1CCNCC1(C)C1CC1. The third kappa shape index (κ3) is 1.96. The van der Waals surface area contributed by atoms with Crippen molar-refractivity contribution in [2.24, 2.45) is 5.92 Å². The van der Waals surface area contributed by atoms with Gasteiger partial charge in [-0.2, -0.15) is 0 Å². The standard InChI is InChI=1S/C12H24N2/c1-3-4-8-14-9-7-13-10-12(14,2)11-5-6-11/h11,13H,3-10H2,1-2H3. The molecular formula is C12H24N2. The van der Waals surface area contributed by atoms with Crippen LogP contribution in [0, 0.1) is 5.92 Å². The van der Waals surface area contributed by atoms with Gasteiger partial charge in [0.1, 0.15) is 0 Å². The summed E-state index contributed by atoms with van der Waals surface area (Å²) in [6, 6.07) is 0. The third-order valence-corrected chi connectivity index (χ3v) is 4.00. The Kier molecular flexibility index (Phi) is 3.13. The monoisotopic (exact) mass is 196 g/mol. The summed E-state index contributed by atoms with van der Waals surface area (Å²) in [6.45, 7) is 9.72. The van der Waals surface area contributed by atoms with Gasteiger partial charge in [0.05, 0.1) is 0 Å². The molecule has 0 amide bonds. The fourth-order valence-corrected chi connectivity index (χ4v) is 2.75. The number of rotatable bonds is 4. The third-order valence-electron chi connectivity index (χ3n) is 4.00. The minimum absolute atomic E-state index is 0.480. The average molecular weight is 196 g/mol. The second-order valence-corrected chi connectivity index (χ2v) is 5.15. The molecular weight excluding hydrogens is 172 g/mol. The molecule has 0 bridgehead atoms. The Labute approximate surface area is 88.1 Å². The lowest BCUT2D eigenvalue weighted by molar-refractivity contribution is 0.0547. The lowest BCUT2D eigenvalue weighted by Gasteiger charge is -2.46. The van der Waals surface area contributed by atoms with E-state index in [1.165, 1.54) is 51.9 Å². The minimum Gasteiger partial charge on any atom is -0.314 e. The summed E-state index contributed by atoms with van der Waals surface area (Å²) < 4.78 is 0. The number of piperazine rings is 1. The average Bonchev–Trinajstić information content (AvgIpc) is 3.00. The van der Waals surface area contributed by atoms with E-state index in [4.69, 9.17) is 0 Å². The van der Waals surface area contributed by atoms with Crippen LogP contribution in [0.2, 0.25) is 0 Å². The zero-order valence-corrected chi connectivity index (χ0v) is 9.68. The van der Waals surface area contributed by atoms with Gasteiger partial charge in [-0.25, -0.2) is 0 Å². The number of nitrogens with zero attached hydrogens (tertiary/aromatic N) is 1. The van der Waals surface area contributed by atoms with Crippen molar-refractivity contribution in [2.75, 3.05) is 26.2 Å². The van der Waals surface area contributed by atoms with Crippen LogP contribution in [0.15, 0.2) is 0 Å². The summed E-state index contributed by atoms with van der Waals surface area (Å²) in [6.07, 6.45) is 5.61. The molecule has 0 aromatic carbocycles. The van der Waals surface area contributed by atoms with Crippen molar-refractivity contribution in [3.63, 3.8) is 0 Å². The highest BCUT2D eigenvalue weighted by Crippen LogP contribution is 2.43. The molecule has 82 valence electrons. The van der Waals surface area contributed by atoms with E-state index in [-0.39, 0.29) is 0 Å². The van der Waals surface area contributed by atoms with Gasteiger partial charge in [-0.15, -0.1) is 0 Å². The fourth-order valence-electron chi connectivity index (χ4n) is 2.75. The summed E-state index contributed by atoms with van der Waals surface area (Å²) in [7, 11) is 0. The molecule has 0 radical (unpaired) electrons. The molecule has 2 heteroatoms. The lowest BCUT2D eigenvalue weighted by Crippen LogP contribution is -2.61. The van der Waals surface area contributed by atoms with Gasteiger partial charge in [-0.1, -0.05) is 13.3 Å². The predicted molar refractivity (Wildman–Crippen MR) is 60.5 cm³/mol. The highest BCUT2D eigenvalue weighted by molar-refractivity contribution is 5.02. The molecule has 2 rings (SSSR count). The Balaban J connectivity index is 1.95. The van der Waals surface area contributed by atoms with Crippen LogP contribution >= 0.6 is 0 Å². The molecule has 0 spiro atoms. The molecule has 14 heavy (non-hydrogen) atoms. The van der Waals surface area contributed by atoms with E-state index < -0.39 is 0 Å². The van der Waals surface area contributed by atoms with Crippen LogP contribution in [0.25, 0.3) is 0 Å². The highest BCUT2D eigenvalue weighted by atomic mass is 15.3. The van der Waals surface area contributed by atoms with Crippen molar-refractivity contribution in [3.8, 4) is 0 Å². The Morgan fingerprint density at radius 1 is 1.43 bits per heavy atom. The molecule has 1 N–H and O–H groups in total. The van der Waals surface area contributed by atoms with Gasteiger partial charge < -0.3 is 5.32 Å². The van der Waals surface area contributed by atoms with E-state index in [0.717, 1.165) is 5.92 Å². The van der Waals surface area contributed by atoms with Gasteiger partial charge in [-0.3, -0.25) is 4.90 Å². The summed E-state index contributed by atoms with van der Waals surface area (Å²) in [5.74, 6) is 0.979. The van der Waals surface area contributed by atoms with Gasteiger partial charge in [0.2, 0.25) is 0 Å². The van der Waals surface area contributed by atoms with Gasteiger partial charge >= 0.3 is 0 Å². The first-order valence-electron chi connectivity index (χ1n) is 6.23. The van der Waals surface area contributed by atoms with E-state index in [1.807, 2.05) is 0 Å². The number of hydrogen-bond donors (Lipinski definition) is 1. The molecule has 1 atom stereocenters. The normalized spacial score (nSPS) is 34.7. The van der Waals surface area contributed by atoms with Crippen molar-refractivity contribution in [1.82, 2.24) is 10.2 Å². The second-order valence-electron chi connectivity index (χ2n) is 5.15. The van der Waals surface area contributed by atoms with Crippen molar-refractivity contribution in [3.05, 3.63) is 0 Å². The van der Waals surface area contributed by atoms with Gasteiger partial charge in [0, 0.05) is 25.2 Å². The Bertz CT molecular complexity index is 189. The van der Waals surface area contributed by atoms with E-state index in [0.29, 0.717) is 5.54 Å². The smallest absolute Gasteiger partial charge is 0.0334 e. The number of unbranched alkanes of at least 4 members (excludes halogenated alkanes) is 1. The van der Waals surface area contributed by atoms with E-state index in [1.54, 1.807) is 0 Å². The van der Waals surface area contributed by atoms with Crippen molar-refractivity contribution in [1.29, 1.82) is 0 Å². The predicted octanol–water partition coefficient (Wildman–Crippen LogP) is 1.86. The molecule has 0 aromatic heterocycles. The largest absolute Gasteiger partial charge is 0.314 e. The van der Waals surface area contributed by atoms with Crippen molar-refractivity contribution < 1.29 is 0 Å². The van der Waals surface area contributed by atoms with Gasteiger partial charge in [0.15, 0.2) is 0 Å². The molecule has 1 unspecified atom stereocenters. The first kappa shape index (κ1) is 10.4. The lowest BCUT2D eigenvalue weighted by atomic mass is 9.91. The molecule has 0 aromatic rings. The summed E-state index contributed by atoms with van der Waals surface area (Å²) >= 11 is 0. The first-order chi connectivity index (χ1) is 6.77. The first-order valence-corrected chi connectivity index (χ1v) is 6.23. The molecule has 2 aliphatic rings. The van der Waals surface area contributed by atoms with Crippen LogP contribution in [0.5, 0.6) is 0 Å². The molecule has 1 aliphatic heterocycles. The summed E-state index contributed by atoms with van der Waals surface area (Å²) in [4.78, 5) is 2.74. The van der Waals surface area contributed by atoms with Gasteiger partial charge in [-0.05, 0) is 38.6 Å². The maximum atomic E-state index is 3.56. The Morgan fingerprint density at radius 3 is 2.86 bits per heavy atom. The van der Waals surface area contributed by atoms with Crippen LogP contribution < -0.4 is 5.32 Å². The molecule has 2 nitrogen and oxygen atoms in total. The quantitative estimate of drug-likeness (QED) is 0.738. The zero-order valence-electron chi connectivity index (χ0n) is 9.68. The Morgan fingerprint density at radius 2 is 2.21 bits per heavy atom. The van der Waals surface area contributed by atoms with Crippen LogP contribution in [-0.4, -0.2) is 36.6 Å². The van der Waals surface area contributed by atoms with Crippen molar-refractivity contribution >= 4 is 0 Å². The van der Waals surface area contributed by atoms with E-state index in [2.05, 4.69) is 24.1 Å². The topological polar surface area (TPSA) is 15.3 Å². The molecule has 2 fully saturated rings. The molecule has 1 saturated heterocycles. The summed E-state index contributed by atoms with van der Waals surface area (Å²) in [5, 5.41) is 3.56. The fraction of sp³-hybridized carbons (Fsp3) is 1.00. The summed E-state index contributed by atoms with van der Waals surface area (Å²) in [5.41, 5.74) is 0.480.